The molecule has 0 saturated carbocycles. The number of carbonyl (C=O) groups excluding carboxylic acids is 1. The lowest BCUT2D eigenvalue weighted by Crippen LogP contribution is -2.36. The average Bonchev–Trinajstić information content (AvgIpc) is 3.00. The number of rotatable bonds is 9. The van der Waals surface area contributed by atoms with Crippen molar-refractivity contribution in [3.05, 3.63) is 43.0 Å². The lowest BCUT2D eigenvalue weighted by atomic mass is 10.1. The van der Waals surface area contributed by atoms with Gasteiger partial charge in [-0.25, -0.2) is 13.2 Å². The Morgan fingerprint density at radius 3 is 2.50 bits per heavy atom. The number of hydrogen-bond donors (Lipinski definition) is 1. The van der Waals surface area contributed by atoms with Crippen LogP contribution in [-0.2, 0) is 25.1 Å². The summed E-state index contributed by atoms with van der Waals surface area (Å²) in [6.45, 7) is 4.45. The summed E-state index contributed by atoms with van der Waals surface area (Å²) >= 11 is 18.7. The topological polar surface area (TPSA) is 93.1 Å². The predicted molar refractivity (Wildman–Crippen MR) is 125 cm³/mol. The van der Waals surface area contributed by atoms with E-state index in [0.717, 1.165) is 50.6 Å². The lowest BCUT2D eigenvalue weighted by Gasteiger charge is -2.26. The molecule has 0 aliphatic carbocycles. The van der Waals surface area contributed by atoms with E-state index < -0.39 is 21.6 Å². The summed E-state index contributed by atoms with van der Waals surface area (Å²) in [6.07, 6.45) is 1.58. The Bertz CT molecular complexity index is 1070. The van der Waals surface area contributed by atoms with Gasteiger partial charge in [-0.2, -0.15) is 0 Å². The van der Waals surface area contributed by atoms with Crippen LogP contribution in [0.2, 0.25) is 13.7 Å². The first kappa shape index (κ1) is 25.6. The first-order chi connectivity index (χ1) is 15.2. The molecule has 2 aromatic rings. The second kappa shape index (κ2) is 11.4. The number of unbranched alkanes of at least 4 members (excludes halogenated alkanes) is 1. The summed E-state index contributed by atoms with van der Waals surface area (Å²) in [7, 11) is -3.91. The largest absolute Gasteiger partial charge is 0.507 e. The summed E-state index contributed by atoms with van der Waals surface area (Å²) in [6, 6.07) is 3.98. The minimum Gasteiger partial charge on any atom is -0.507 e. The normalized spacial score (nSPS) is 15.1. The van der Waals surface area contributed by atoms with E-state index in [2.05, 4.69) is 4.90 Å². The smallest absolute Gasteiger partial charge is 0.341 e. The van der Waals surface area contributed by atoms with Crippen LogP contribution in [0, 0.1) is 0 Å². The van der Waals surface area contributed by atoms with Crippen molar-refractivity contribution in [2.45, 2.75) is 23.5 Å². The molecule has 1 aliphatic rings. The van der Waals surface area contributed by atoms with E-state index in [1.54, 1.807) is 0 Å². The Kier molecular flexibility index (Phi) is 9.08. The molecular formula is C20H22Cl3NO6S2. The lowest BCUT2D eigenvalue weighted by molar-refractivity contribution is 0.0348. The molecular weight excluding hydrogens is 521 g/mol. The molecule has 0 radical (unpaired) electrons. The number of morpholine rings is 1. The van der Waals surface area contributed by atoms with Gasteiger partial charge in [-0.3, -0.25) is 4.90 Å². The molecule has 2 heterocycles. The molecule has 1 aromatic heterocycles. The van der Waals surface area contributed by atoms with Crippen LogP contribution in [0.1, 0.15) is 28.8 Å². The number of halogens is 3. The standard InChI is InChI=1S/C20H22Cl3NO6S2/c21-16-17(19(23)31-18(16)22)32(27,28)12-13-3-4-14(15(25)11-13)20(26)30-8-2-1-5-24-6-9-29-10-7-24/h3-4,11,25H,1-2,5-10,12H2. The zero-order chi connectivity index (χ0) is 23.3. The Hall–Kier alpha value is -1.07. The molecule has 1 saturated heterocycles. The van der Waals surface area contributed by atoms with Gasteiger partial charge in [0.25, 0.3) is 0 Å². The fourth-order valence-electron chi connectivity index (χ4n) is 3.24. The van der Waals surface area contributed by atoms with Crippen molar-refractivity contribution >= 4 is 61.9 Å². The first-order valence-corrected chi connectivity index (χ1v) is 13.4. The highest BCUT2D eigenvalue weighted by Gasteiger charge is 2.27. The van der Waals surface area contributed by atoms with Gasteiger partial charge < -0.3 is 14.6 Å². The van der Waals surface area contributed by atoms with Crippen molar-refractivity contribution in [2.24, 2.45) is 0 Å². The van der Waals surface area contributed by atoms with Crippen molar-refractivity contribution in [3.8, 4) is 5.75 Å². The Morgan fingerprint density at radius 2 is 1.88 bits per heavy atom. The third kappa shape index (κ3) is 6.50. The second-order valence-electron chi connectivity index (χ2n) is 7.20. The molecule has 0 amide bonds. The predicted octanol–water partition coefficient (Wildman–Crippen LogP) is 4.66. The van der Waals surface area contributed by atoms with Gasteiger partial charge in [0.05, 0.1) is 30.6 Å². The molecule has 0 spiro atoms. The molecule has 1 aliphatic heterocycles. The van der Waals surface area contributed by atoms with Gasteiger partial charge in [0.15, 0.2) is 9.84 Å². The molecule has 1 fully saturated rings. The molecule has 0 bridgehead atoms. The molecule has 1 N–H and O–H groups in total. The monoisotopic (exact) mass is 541 g/mol. The van der Waals surface area contributed by atoms with Gasteiger partial charge >= 0.3 is 5.97 Å². The highest BCUT2D eigenvalue weighted by Crippen LogP contribution is 2.43. The van der Waals surface area contributed by atoms with E-state index >= 15 is 0 Å². The van der Waals surface area contributed by atoms with E-state index in [1.807, 2.05) is 0 Å². The number of phenols is 1. The number of benzene rings is 1. The average molecular weight is 543 g/mol. The number of phenolic OH excluding ortho intramolecular Hbond substituents is 1. The number of hydrogen-bond acceptors (Lipinski definition) is 8. The summed E-state index contributed by atoms with van der Waals surface area (Å²) in [5.74, 6) is -1.50. The second-order valence-corrected chi connectivity index (χ2v) is 11.7. The number of ether oxygens (including phenoxy) is 2. The van der Waals surface area contributed by atoms with Gasteiger partial charge in [0, 0.05) is 13.1 Å². The fraction of sp³-hybridized carbons (Fsp3) is 0.450. The van der Waals surface area contributed by atoms with E-state index in [0.29, 0.717) is 6.42 Å². The van der Waals surface area contributed by atoms with Crippen LogP contribution in [0.25, 0.3) is 0 Å². The third-order valence-corrected chi connectivity index (χ3v) is 9.18. The van der Waals surface area contributed by atoms with Gasteiger partial charge in [-0.05, 0) is 37.1 Å². The van der Waals surface area contributed by atoms with Crippen LogP contribution in [0.5, 0.6) is 5.75 Å². The quantitative estimate of drug-likeness (QED) is 0.364. The Labute approximate surface area is 205 Å². The Balaban J connectivity index is 1.54. The molecule has 32 heavy (non-hydrogen) atoms. The highest BCUT2D eigenvalue weighted by atomic mass is 35.5. The summed E-state index contributed by atoms with van der Waals surface area (Å²) in [4.78, 5) is 14.3. The molecule has 0 atom stereocenters. The minimum atomic E-state index is -3.91. The highest BCUT2D eigenvalue weighted by molar-refractivity contribution is 7.91. The number of thiophene rings is 1. The van der Waals surface area contributed by atoms with Gasteiger partial charge in [0.2, 0.25) is 0 Å². The summed E-state index contributed by atoms with van der Waals surface area (Å²) in [5, 5.41) is 10.1. The number of nitrogens with zero attached hydrogens (tertiary/aromatic N) is 1. The van der Waals surface area contributed by atoms with Crippen LogP contribution in [-0.4, -0.2) is 63.8 Å². The van der Waals surface area contributed by atoms with Gasteiger partial charge in [0.1, 0.15) is 24.9 Å². The van der Waals surface area contributed by atoms with Gasteiger partial charge in [-0.1, -0.05) is 40.9 Å². The SMILES string of the molecule is O=C(OCCCCN1CCOCC1)c1ccc(CS(=O)(=O)c2c(Cl)sc(Cl)c2Cl)cc1O. The van der Waals surface area contributed by atoms with Crippen molar-refractivity contribution in [1.29, 1.82) is 0 Å². The fourth-order valence-corrected chi connectivity index (χ4v) is 7.58. The van der Waals surface area contributed by atoms with E-state index in [1.165, 1.54) is 18.2 Å². The molecule has 12 heteroatoms. The maximum atomic E-state index is 12.7. The van der Waals surface area contributed by atoms with Gasteiger partial charge in [-0.15, -0.1) is 11.3 Å². The first-order valence-electron chi connectivity index (χ1n) is 9.84. The maximum absolute atomic E-state index is 12.7. The summed E-state index contributed by atoms with van der Waals surface area (Å²) < 4.78 is 36.0. The summed E-state index contributed by atoms with van der Waals surface area (Å²) in [5.41, 5.74) is 0.230. The molecule has 176 valence electrons. The number of esters is 1. The zero-order valence-corrected chi connectivity index (χ0v) is 20.9. The van der Waals surface area contributed by atoms with Crippen molar-refractivity contribution in [3.63, 3.8) is 0 Å². The van der Waals surface area contributed by atoms with Crippen LogP contribution in [0.3, 0.4) is 0 Å². The zero-order valence-electron chi connectivity index (χ0n) is 17.0. The molecule has 3 rings (SSSR count). The number of carbonyl (C=O) groups is 1. The maximum Gasteiger partial charge on any atom is 0.341 e. The van der Waals surface area contributed by atoms with Crippen LogP contribution in [0.4, 0.5) is 0 Å². The molecule has 0 unspecified atom stereocenters. The van der Waals surface area contributed by atoms with Crippen molar-refractivity contribution < 1.29 is 27.8 Å². The number of sulfone groups is 1. The Morgan fingerprint density at radius 1 is 1.16 bits per heavy atom. The van der Waals surface area contributed by atoms with Crippen molar-refractivity contribution in [1.82, 2.24) is 4.90 Å². The van der Waals surface area contributed by atoms with E-state index in [9.17, 15) is 18.3 Å². The van der Waals surface area contributed by atoms with Crippen molar-refractivity contribution in [2.75, 3.05) is 39.5 Å². The van der Waals surface area contributed by atoms with E-state index in [-0.39, 0.29) is 42.1 Å². The minimum absolute atomic E-state index is 0.0296. The van der Waals surface area contributed by atoms with Crippen LogP contribution < -0.4 is 0 Å². The van der Waals surface area contributed by atoms with Crippen LogP contribution in [0.15, 0.2) is 23.1 Å². The van der Waals surface area contributed by atoms with E-state index in [4.69, 9.17) is 44.3 Å². The molecule has 1 aromatic carbocycles. The third-order valence-electron chi connectivity index (χ3n) is 4.88. The van der Waals surface area contributed by atoms with Crippen LogP contribution >= 0.6 is 46.1 Å². The number of aromatic hydroxyl groups is 1. The molecule has 7 nitrogen and oxygen atoms in total.